The Labute approximate surface area is 92.9 Å². The van der Waals surface area contributed by atoms with Crippen LogP contribution in [0.15, 0.2) is 30.5 Å². The Balaban J connectivity index is 2.18. The van der Waals surface area contributed by atoms with E-state index in [1.54, 1.807) is 13.3 Å². The molecule has 0 radical (unpaired) electrons. The van der Waals surface area contributed by atoms with Crippen LogP contribution in [0.25, 0.3) is 11.3 Å². The molecule has 1 aliphatic rings. The maximum atomic E-state index is 5.57. The Kier molecular flexibility index (Phi) is 1.99. The van der Waals surface area contributed by atoms with Gasteiger partial charge < -0.3 is 9.47 Å². The van der Waals surface area contributed by atoms with Crippen molar-refractivity contribution in [1.82, 2.24) is 9.97 Å². The van der Waals surface area contributed by atoms with E-state index in [0.29, 0.717) is 12.5 Å². The number of rotatable bonds is 1. The zero-order chi connectivity index (χ0) is 11.0. The minimum absolute atomic E-state index is 0.464. The molecule has 3 heterocycles. The van der Waals surface area contributed by atoms with Gasteiger partial charge in [-0.3, -0.25) is 4.98 Å². The molecule has 0 N–H and O–H groups in total. The number of methoxy groups -OCH3 is 1. The minimum Gasteiger partial charge on any atom is -0.485 e. The van der Waals surface area contributed by atoms with Gasteiger partial charge in [0, 0.05) is 17.8 Å². The topological polar surface area (TPSA) is 44.2 Å². The van der Waals surface area contributed by atoms with E-state index in [0.717, 1.165) is 22.7 Å². The van der Waals surface area contributed by atoms with E-state index in [1.807, 2.05) is 24.3 Å². The number of hydrogen-bond donors (Lipinski definition) is 0. The van der Waals surface area contributed by atoms with Crippen molar-refractivity contribution in [3.8, 4) is 22.9 Å². The molecule has 0 saturated carbocycles. The second-order valence-corrected chi connectivity index (χ2v) is 3.49. The Hall–Kier alpha value is -2.10. The van der Waals surface area contributed by atoms with E-state index in [1.165, 1.54) is 0 Å². The summed E-state index contributed by atoms with van der Waals surface area (Å²) in [5.41, 5.74) is 2.73. The van der Waals surface area contributed by atoms with Crippen molar-refractivity contribution in [2.45, 2.75) is 6.61 Å². The third-order valence-corrected chi connectivity index (χ3v) is 2.55. The summed E-state index contributed by atoms with van der Waals surface area (Å²) in [6.45, 7) is 0.464. The highest BCUT2D eigenvalue weighted by molar-refractivity contribution is 5.70. The van der Waals surface area contributed by atoms with Gasteiger partial charge in [0.15, 0.2) is 0 Å². The number of fused-ring (bicyclic) bond motifs is 3. The number of hydrogen-bond acceptors (Lipinski definition) is 4. The highest BCUT2D eigenvalue weighted by Crippen LogP contribution is 2.35. The number of nitrogens with zero attached hydrogens (tertiary/aromatic N) is 2. The summed E-state index contributed by atoms with van der Waals surface area (Å²) in [7, 11) is 1.60. The summed E-state index contributed by atoms with van der Waals surface area (Å²) in [5.74, 6) is 1.41. The molecule has 0 spiro atoms. The smallest absolute Gasteiger partial charge is 0.213 e. The molecule has 1 aliphatic heterocycles. The summed E-state index contributed by atoms with van der Waals surface area (Å²) in [6, 6.07) is 7.58. The molecule has 4 nitrogen and oxygen atoms in total. The third-order valence-electron chi connectivity index (χ3n) is 2.55. The molecule has 2 aromatic rings. The van der Waals surface area contributed by atoms with Crippen LogP contribution in [0, 0.1) is 0 Å². The van der Waals surface area contributed by atoms with Gasteiger partial charge in [-0.2, -0.15) is 0 Å². The highest BCUT2D eigenvalue weighted by Gasteiger charge is 2.19. The molecule has 2 aromatic heterocycles. The number of aromatic nitrogens is 2. The lowest BCUT2D eigenvalue weighted by atomic mass is 10.1. The largest absolute Gasteiger partial charge is 0.485 e. The fourth-order valence-electron chi connectivity index (χ4n) is 1.78. The molecule has 3 rings (SSSR count). The summed E-state index contributed by atoms with van der Waals surface area (Å²) in [6.07, 6.45) is 1.75. The van der Waals surface area contributed by atoms with Crippen molar-refractivity contribution in [1.29, 1.82) is 0 Å². The first kappa shape index (κ1) is 9.15. The van der Waals surface area contributed by atoms with Crippen LogP contribution in [0.1, 0.15) is 5.69 Å². The monoisotopic (exact) mass is 214 g/mol. The highest BCUT2D eigenvalue weighted by atomic mass is 16.5. The quantitative estimate of drug-likeness (QED) is 0.728. The lowest BCUT2D eigenvalue weighted by molar-refractivity contribution is 0.292. The molecule has 0 aliphatic carbocycles. The van der Waals surface area contributed by atoms with Gasteiger partial charge in [-0.1, -0.05) is 0 Å². The standard InChI is InChI=1S/C12H10N2O2/c1-15-11-5-4-8-9(14-11)7-16-10-3-2-6-13-12(8)10/h2-6H,7H2,1H3. The first-order valence-corrected chi connectivity index (χ1v) is 5.00. The maximum Gasteiger partial charge on any atom is 0.213 e. The van der Waals surface area contributed by atoms with E-state index in [4.69, 9.17) is 9.47 Å². The number of ether oxygens (including phenoxy) is 2. The summed E-state index contributed by atoms with van der Waals surface area (Å²) >= 11 is 0. The summed E-state index contributed by atoms with van der Waals surface area (Å²) in [5, 5.41) is 0. The molecule has 0 atom stereocenters. The molecule has 0 unspecified atom stereocenters. The van der Waals surface area contributed by atoms with Crippen molar-refractivity contribution in [3.63, 3.8) is 0 Å². The third kappa shape index (κ3) is 1.31. The SMILES string of the molecule is COc1ccc2c(n1)COc1cccnc1-2. The van der Waals surface area contributed by atoms with Crippen molar-refractivity contribution in [2.24, 2.45) is 0 Å². The molecular formula is C12H10N2O2. The van der Waals surface area contributed by atoms with Gasteiger partial charge in [0.2, 0.25) is 5.88 Å². The van der Waals surface area contributed by atoms with Gasteiger partial charge in [0.05, 0.1) is 12.8 Å². The van der Waals surface area contributed by atoms with Crippen LogP contribution in [-0.4, -0.2) is 17.1 Å². The molecule has 80 valence electrons. The van der Waals surface area contributed by atoms with Gasteiger partial charge in [0.25, 0.3) is 0 Å². The molecule has 0 bridgehead atoms. The van der Waals surface area contributed by atoms with E-state index >= 15 is 0 Å². The fraction of sp³-hybridized carbons (Fsp3) is 0.167. The average Bonchev–Trinajstić information content (AvgIpc) is 2.38. The normalized spacial score (nSPS) is 12.3. The Morgan fingerprint density at radius 3 is 3.12 bits per heavy atom. The zero-order valence-electron chi connectivity index (χ0n) is 8.80. The second kappa shape index (κ2) is 3.48. The van der Waals surface area contributed by atoms with E-state index in [9.17, 15) is 0 Å². The van der Waals surface area contributed by atoms with Crippen molar-refractivity contribution >= 4 is 0 Å². The average molecular weight is 214 g/mol. The Morgan fingerprint density at radius 2 is 2.25 bits per heavy atom. The first-order valence-electron chi connectivity index (χ1n) is 5.00. The summed E-state index contributed by atoms with van der Waals surface area (Å²) in [4.78, 5) is 8.65. The first-order chi connectivity index (χ1) is 7.88. The minimum atomic E-state index is 0.464. The maximum absolute atomic E-state index is 5.57. The molecule has 0 saturated heterocycles. The predicted octanol–water partition coefficient (Wildman–Crippen LogP) is 2.04. The van der Waals surface area contributed by atoms with Crippen LogP contribution in [0.3, 0.4) is 0 Å². The van der Waals surface area contributed by atoms with E-state index in [-0.39, 0.29) is 0 Å². The number of pyridine rings is 2. The van der Waals surface area contributed by atoms with Crippen LogP contribution in [-0.2, 0) is 6.61 Å². The second-order valence-electron chi connectivity index (χ2n) is 3.49. The van der Waals surface area contributed by atoms with Crippen molar-refractivity contribution in [2.75, 3.05) is 7.11 Å². The van der Waals surface area contributed by atoms with Crippen LogP contribution in [0.5, 0.6) is 11.6 Å². The zero-order valence-corrected chi connectivity index (χ0v) is 8.80. The van der Waals surface area contributed by atoms with Crippen molar-refractivity contribution < 1.29 is 9.47 Å². The predicted molar refractivity (Wildman–Crippen MR) is 58.4 cm³/mol. The van der Waals surface area contributed by atoms with E-state index < -0.39 is 0 Å². The van der Waals surface area contributed by atoms with Crippen LogP contribution >= 0.6 is 0 Å². The molecule has 0 amide bonds. The molecular weight excluding hydrogens is 204 g/mol. The van der Waals surface area contributed by atoms with Crippen LogP contribution < -0.4 is 9.47 Å². The van der Waals surface area contributed by atoms with Gasteiger partial charge in [-0.25, -0.2) is 4.98 Å². The Bertz CT molecular complexity index is 540. The Morgan fingerprint density at radius 1 is 1.31 bits per heavy atom. The van der Waals surface area contributed by atoms with Gasteiger partial charge in [0.1, 0.15) is 18.1 Å². The molecule has 0 aromatic carbocycles. The van der Waals surface area contributed by atoms with Crippen molar-refractivity contribution in [3.05, 3.63) is 36.2 Å². The van der Waals surface area contributed by atoms with Gasteiger partial charge in [-0.05, 0) is 18.2 Å². The molecule has 4 heteroatoms. The molecule has 16 heavy (non-hydrogen) atoms. The van der Waals surface area contributed by atoms with Gasteiger partial charge >= 0.3 is 0 Å². The fourth-order valence-corrected chi connectivity index (χ4v) is 1.78. The lowest BCUT2D eigenvalue weighted by Gasteiger charge is -2.18. The van der Waals surface area contributed by atoms with Gasteiger partial charge in [-0.15, -0.1) is 0 Å². The summed E-state index contributed by atoms with van der Waals surface area (Å²) < 4.78 is 10.7. The van der Waals surface area contributed by atoms with E-state index in [2.05, 4.69) is 9.97 Å². The van der Waals surface area contributed by atoms with Crippen LogP contribution in [0.4, 0.5) is 0 Å². The lowest BCUT2D eigenvalue weighted by Crippen LogP contribution is -2.09. The van der Waals surface area contributed by atoms with Crippen LogP contribution in [0.2, 0.25) is 0 Å². The molecule has 0 fully saturated rings.